The molecule has 1 amide bonds. The van der Waals surface area contributed by atoms with Crippen LogP contribution in [-0.4, -0.2) is 37.9 Å². The van der Waals surface area contributed by atoms with Gasteiger partial charge in [-0.3, -0.25) is 4.79 Å². The fraction of sp³-hybridized carbons (Fsp3) is 0.500. The van der Waals surface area contributed by atoms with E-state index < -0.39 is 0 Å². The summed E-state index contributed by atoms with van der Waals surface area (Å²) in [5.41, 5.74) is 1.64. The molecule has 1 heterocycles. The van der Waals surface area contributed by atoms with E-state index in [0.29, 0.717) is 11.7 Å². The number of carbonyl (C=O) groups is 1. The summed E-state index contributed by atoms with van der Waals surface area (Å²) >= 11 is 1.32. The Hall–Kier alpha value is -2.40. The third-order valence-electron chi connectivity index (χ3n) is 3.77. The molecule has 1 atom stereocenters. The van der Waals surface area contributed by atoms with Crippen molar-refractivity contribution in [2.75, 3.05) is 11.4 Å². The van der Waals surface area contributed by atoms with Gasteiger partial charge in [-0.1, -0.05) is 29.5 Å². The molecule has 26 heavy (non-hydrogen) atoms. The van der Waals surface area contributed by atoms with Gasteiger partial charge in [0, 0.05) is 12.2 Å². The fourth-order valence-corrected chi connectivity index (χ4v) is 3.39. The van der Waals surface area contributed by atoms with Crippen LogP contribution < -0.4 is 4.90 Å². The summed E-state index contributed by atoms with van der Waals surface area (Å²) in [6, 6.07) is 9.84. The zero-order valence-corrected chi connectivity index (χ0v) is 16.6. The molecule has 1 aromatic carbocycles. The van der Waals surface area contributed by atoms with Crippen LogP contribution in [-0.2, 0) is 10.3 Å². The molecule has 7 nitrogen and oxygen atoms in total. The van der Waals surface area contributed by atoms with E-state index in [1.165, 1.54) is 11.8 Å². The molecule has 0 saturated carbocycles. The van der Waals surface area contributed by atoms with E-state index in [1.54, 1.807) is 9.58 Å². The van der Waals surface area contributed by atoms with Crippen LogP contribution in [0.2, 0.25) is 0 Å². The monoisotopic (exact) mass is 372 g/mol. The van der Waals surface area contributed by atoms with E-state index >= 15 is 0 Å². The van der Waals surface area contributed by atoms with Gasteiger partial charge in [-0.05, 0) is 57.2 Å². The van der Waals surface area contributed by atoms with Crippen LogP contribution >= 0.6 is 11.8 Å². The topological polar surface area (TPSA) is 87.7 Å². The maximum atomic E-state index is 13.0. The number of nitriles is 1. The Morgan fingerprint density at radius 2 is 2.00 bits per heavy atom. The first-order valence-electron chi connectivity index (χ1n) is 8.44. The van der Waals surface area contributed by atoms with Crippen molar-refractivity contribution >= 4 is 23.4 Å². The maximum absolute atomic E-state index is 13.0. The van der Waals surface area contributed by atoms with Crippen molar-refractivity contribution in [3.8, 4) is 6.07 Å². The predicted molar refractivity (Wildman–Crippen MR) is 102 cm³/mol. The second-order valence-electron chi connectivity index (χ2n) is 7.04. The average Bonchev–Trinajstić information content (AvgIpc) is 3.05. The summed E-state index contributed by atoms with van der Waals surface area (Å²) < 4.78 is 1.72. The molecule has 0 radical (unpaired) electrons. The minimum atomic E-state index is -0.387. The highest BCUT2D eigenvalue weighted by atomic mass is 32.2. The Kier molecular flexibility index (Phi) is 6.37. The first-order valence-corrected chi connectivity index (χ1v) is 9.32. The van der Waals surface area contributed by atoms with E-state index in [2.05, 4.69) is 21.6 Å². The Labute approximate surface area is 158 Å². The van der Waals surface area contributed by atoms with E-state index in [-0.39, 0.29) is 23.1 Å². The second kappa shape index (κ2) is 8.32. The average molecular weight is 372 g/mol. The number of rotatable bonds is 6. The minimum absolute atomic E-state index is 0.0717. The molecule has 0 aliphatic rings. The smallest absolute Gasteiger partial charge is 0.240 e. The number of aromatic nitrogens is 4. The van der Waals surface area contributed by atoms with Crippen LogP contribution in [0, 0.1) is 18.3 Å². The number of carbonyl (C=O) groups excluding carboxylic acids is 1. The van der Waals surface area contributed by atoms with Crippen molar-refractivity contribution in [3.05, 3.63) is 29.8 Å². The minimum Gasteiger partial charge on any atom is -0.310 e. The van der Waals surface area contributed by atoms with Crippen LogP contribution in [0.3, 0.4) is 0 Å². The van der Waals surface area contributed by atoms with Crippen molar-refractivity contribution in [2.24, 2.45) is 0 Å². The van der Waals surface area contributed by atoms with Gasteiger partial charge in [-0.2, -0.15) is 5.26 Å². The zero-order chi connectivity index (χ0) is 19.3. The molecule has 1 unspecified atom stereocenters. The highest BCUT2D eigenvalue weighted by Crippen LogP contribution is 2.27. The summed E-state index contributed by atoms with van der Waals surface area (Å²) in [6.45, 7) is 10.2. The normalized spacial score (nSPS) is 12.5. The maximum Gasteiger partial charge on any atom is 0.240 e. The molecular weight excluding hydrogens is 348 g/mol. The quantitative estimate of drug-likeness (QED) is 0.724. The third-order valence-corrected chi connectivity index (χ3v) is 4.79. The lowest BCUT2D eigenvalue weighted by molar-refractivity contribution is -0.117. The van der Waals surface area contributed by atoms with Crippen molar-refractivity contribution in [1.82, 2.24) is 20.2 Å². The van der Waals surface area contributed by atoms with Crippen LogP contribution in [0.4, 0.5) is 5.69 Å². The Morgan fingerprint density at radius 1 is 1.35 bits per heavy atom. The molecule has 8 heteroatoms. The summed E-state index contributed by atoms with van der Waals surface area (Å²) in [4.78, 5) is 14.7. The number of amides is 1. The highest BCUT2D eigenvalue weighted by Gasteiger charge is 2.27. The van der Waals surface area contributed by atoms with E-state index in [4.69, 9.17) is 5.26 Å². The van der Waals surface area contributed by atoms with Crippen molar-refractivity contribution in [1.29, 1.82) is 5.26 Å². The number of anilines is 1. The van der Waals surface area contributed by atoms with Crippen LogP contribution in [0.15, 0.2) is 29.4 Å². The lowest BCUT2D eigenvalue weighted by Gasteiger charge is -2.25. The lowest BCUT2D eigenvalue weighted by Crippen LogP contribution is -2.37. The van der Waals surface area contributed by atoms with Crippen LogP contribution in [0.5, 0.6) is 0 Å². The molecule has 0 N–H and O–H groups in total. The SMILES string of the molecule is Cc1ccc(N(CCC#N)C(=O)C(C)Sc2nnnn2C(C)(C)C)cc1. The highest BCUT2D eigenvalue weighted by molar-refractivity contribution is 8.00. The lowest BCUT2D eigenvalue weighted by atomic mass is 10.1. The predicted octanol–water partition coefficient (Wildman–Crippen LogP) is 3.16. The Morgan fingerprint density at radius 3 is 2.58 bits per heavy atom. The summed E-state index contributed by atoms with van der Waals surface area (Å²) in [6.07, 6.45) is 0.275. The first kappa shape index (κ1) is 19.9. The molecule has 2 aromatic rings. The summed E-state index contributed by atoms with van der Waals surface area (Å²) in [5.74, 6) is -0.0717. The molecule has 0 spiro atoms. The fourth-order valence-electron chi connectivity index (χ4n) is 2.35. The molecule has 0 saturated heterocycles. The Bertz CT molecular complexity index is 787. The van der Waals surface area contributed by atoms with Gasteiger partial charge in [0.25, 0.3) is 0 Å². The van der Waals surface area contributed by atoms with Gasteiger partial charge in [0.05, 0.1) is 23.3 Å². The van der Waals surface area contributed by atoms with Crippen molar-refractivity contribution in [3.63, 3.8) is 0 Å². The van der Waals surface area contributed by atoms with Gasteiger partial charge in [-0.25, -0.2) is 4.68 Å². The second-order valence-corrected chi connectivity index (χ2v) is 8.35. The molecule has 0 bridgehead atoms. The summed E-state index contributed by atoms with van der Waals surface area (Å²) in [7, 11) is 0. The van der Waals surface area contributed by atoms with Crippen molar-refractivity contribution < 1.29 is 4.79 Å². The van der Waals surface area contributed by atoms with Gasteiger partial charge in [-0.15, -0.1) is 5.10 Å². The third kappa shape index (κ3) is 4.82. The molecular formula is C18H24N6OS. The molecule has 0 aliphatic heterocycles. The Balaban J connectivity index is 2.21. The van der Waals surface area contributed by atoms with Crippen molar-refractivity contribution in [2.45, 2.75) is 57.0 Å². The van der Waals surface area contributed by atoms with Crippen LogP contribution in [0.1, 0.15) is 39.7 Å². The molecule has 2 rings (SSSR count). The largest absolute Gasteiger partial charge is 0.310 e. The number of hydrogen-bond acceptors (Lipinski definition) is 6. The number of aryl methyl sites for hydroxylation is 1. The number of tetrazole rings is 1. The van der Waals surface area contributed by atoms with Gasteiger partial charge in [0.1, 0.15) is 0 Å². The van der Waals surface area contributed by atoms with Gasteiger partial charge >= 0.3 is 0 Å². The van der Waals surface area contributed by atoms with Gasteiger partial charge in [0.15, 0.2) is 0 Å². The zero-order valence-electron chi connectivity index (χ0n) is 15.8. The molecule has 0 fully saturated rings. The van der Waals surface area contributed by atoms with E-state index in [1.807, 2.05) is 58.9 Å². The number of benzene rings is 1. The van der Waals surface area contributed by atoms with Gasteiger partial charge in [0.2, 0.25) is 11.1 Å². The number of hydrogen-bond donors (Lipinski definition) is 0. The molecule has 1 aromatic heterocycles. The number of nitrogens with zero attached hydrogens (tertiary/aromatic N) is 6. The molecule has 138 valence electrons. The molecule has 0 aliphatic carbocycles. The van der Waals surface area contributed by atoms with Crippen LogP contribution in [0.25, 0.3) is 0 Å². The summed E-state index contributed by atoms with van der Waals surface area (Å²) in [5, 5.41) is 21.0. The van der Waals surface area contributed by atoms with E-state index in [9.17, 15) is 4.79 Å². The first-order chi connectivity index (χ1) is 12.2. The van der Waals surface area contributed by atoms with Gasteiger partial charge < -0.3 is 4.90 Å². The number of thioether (sulfide) groups is 1. The van der Waals surface area contributed by atoms with E-state index in [0.717, 1.165) is 11.3 Å². The standard InChI is InChI=1S/C18H24N6OS/c1-13-7-9-15(10-8-13)23(12-6-11-19)16(25)14(2)26-17-20-21-22-24(17)18(3,4)5/h7-10,14H,6,12H2,1-5H3.